The number of nitrogens with two attached hydrogens (primary N) is 1. The lowest BCUT2D eigenvalue weighted by molar-refractivity contribution is 0.194. The van der Waals surface area contributed by atoms with Gasteiger partial charge in [0, 0.05) is 20.1 Å². The molecule has 0 amide bonds. The van der Waals surface area contributed by atoms with Gasteiger partial charge in [-0.3, -0.25) is 0 Å². The standard InChI is InChI=1S/C11H15N3O2S/c1-7-6-17-10(9(7)12)11-13-8(14-16-11)4-3-5-15-2/h6H,3-5,12H2,1-2H3. The number of nitrogen functional groups attached to an aromatic ring is 1. The molecule has 6 heteroatoms. The summed E-state index contributed by atoms with van der Waals surface area (Å²) >= 11 is 1.52. The van der Waals surface area contributed by atoms with Gasteiger partial charge in [0.05, 0.1) is 5.69 Å². The van der Waals surface area contributed by atoms with Crippen molar-refractivity contribution in [2.24, 2.45) is 0 Å². The molecule has 2 heterocycles. The van der Waals surface area contributed by atoms with Crippen LogP contribution in [-0.2, 0) is 11.2 Å². The first-order valence-electron chi connectivity index (χ1n) is 5.38. The summed E-state index contributed by atoms with van der Waals surface area (Å²) in [7, 11) is 1.68. The average Bonchev–Trinajstić information content (AvgIpc) is 2.89. The quantitative estimate of drug-likeness (QED) is 0.827. The van der Waals surface area contributed by atoms with E-state index in [1.165, 1.54) is 11.3 Å². The first kappa shape index (κ1) is 12.1. The molecule has 0 saturated carbocycles. The van der Waals surface area contributed by atoms with Crippen LogP contribution in [0.3, 0.4) is 0 Å². The van der Waals surface area contributed by atoms with Gasteiger partial charge in [-0.2, -0.15) is 4.98 Å². The second kappa shape index (κ2) is 5.29. The van der Waals surface area contributed by atoms with Gasteiger partial charge in [0.25, 0.3) is 5.89 Å². The van der Waals surface area contributed by atoms with Crippen LogP contribution in [0.2, 0.25) is 0 Å². The van der Waals surface area contributed by atoms with E-state index in [2.05, 4.69) is 10.1 Å². The van der Waals surface area contributed by atoms with Crippen LogP contribution in [0.5, 0.6) is 0 Å². The lowest BCUT2D eigenvalue weighted by atomic mass is 10.3. The molecule has 2 aromatic rings. The van der Waals surface area contributed by atoms with Gasteiger partial charge >= 0.3 is 0 Å². The Morgan fingerprint density at radius 3 is 3.00 bits per heavy atom. The van der Waals surface area contributed by atoms with Crippen molar-refractivity contribution in [1.29, 1.82) is 0 Å². The zero-order chi connectivity index (χ0) is 12.3. The van der Waals surface area contributed by atoms with Crippen molar-refractivity contribution in [2.75, 3.05) is 19.5 Å². The highest BCUT2D eigenvalue weighted by Crippen LogP contribution is 2.33. The first-order chi connectivity index (χ1) is 8.22. The second-order valence-corrected chi connectivity index (χ2v) is 4.65. The summed E-state index contributed by atoms with van der Waals surface area (Å²) in [6.07, 6.45) is 1.63. The zero-order valence-corrected chi connectivity index (χ0v) is 10.7. The maximum atomic E-state index is 5.93. The highest BCUT2D eigenvalue weighted by molar-refractivity contribution is 7.14. The summed E-state index contributed by atoms with van der Waals surface area (Å²) < 4.78 is 10.2. The number of aryl methyl sites for hydroxylation is 2. The van der Waals surface area contributed by atoms with Crippen molar-refractivity contribution in [3.05, 3.63) is 16.8 Å². The van der Waals surface area contributed by atoms with Gasteiger partial charge in [-0.05, 0) is 24.3 Å². The number of anilines is 1. The molecule has 0 aliphatic heterocycles. The minimum atomic E-state index is 0.507. The van der Waals surface area contributed by atoms with Gasteiger partial charge in [-0.15, -0.1) is 11.3 Å². The Morgan fingerprint density at radius 2 is 2.35 bits per heavy atom. The maximum absolute atomic E-state index is 5.93. The Labute approximate surface area is 104 Å². The van der Waals surface area contributed by atoms with Crippen molar-refractivity contribution in [2.45, 2.75) is 19.8 Å². The molecule has 0 saturated heterocycles. The number of nitrogens with zero attached hydrogens (tertiary/aromatic N) is 2. The average molecular weight is 253 g/mol. The number of methoxy groups -OCH3 is 1. The topological polar surface area (TPSA) is 74.2 Å². The molecule has 5 nitrogen and oxygen atoms in total. The SMILES string of the molecule is COCCCc1noc(-c2scc(C)c2N)n1. The van der Waals surface area contributed by atoms with E-state index in [4.69, 9.17) is 15.0 Å². The molecule has 0 aliphatic carbocycles. The number of rotatable bonds is 5. The zero-order valence-electron chi connectivity index (χ0n) is 9.90. The Balaban J connectivity index is 2.10. The molecule has 0 radical (unpaired) electrons. The van der Waals surface area contributed by atoms with E-state index < -0.39 is 0 Å². The van der Waals surface area contributed by atoms with E-state index >= 15 is 0 Å². The third-order valence-electron chi connectivity index (χ3n) is 2.43. The van der Waals surface area contributed by atoms with Crippen LogP contribution in [-0.4, -0.2) is 23.9 Å². The van der Waals surface area contributed by atoms with E-state index in [1.54, 1.807) is 7.11 Å². The minimum absolute atomic E-state index is 0.507. The van der Waals surface area contributed by atoms with Crippen LogP contribution in [0, 0.1) is 6.92 Å². The summed E-state index contributed by atoms with van der Waals surface area (Å²) in [5, 5.41) is 5.91. The van der Waals surface area contributed by atoms with E-state index in [0.29, 0.717) is 18.3 Å². The molecule has 2 aromatic heterocycles. The fourth-order valence-corrected chi connectivity index (χ4v) is 2.33. The van der Waals surface area contributed by atoms with E-state index in [0.717, 1.165) is 29.0 Å². The lowest BCUT2D eigenvalue weighted by Crippen LogP contribution is -1.94. The summed E-state index contributed by atoms with van der Waals surface area (Å²) in [5.74, 6) is 1.20. The molecule has 92 valence electrons. The molecule has 0 fully saturated rings. The largest absolute Gasteiger partial charge is 0.397 e. The van der Waals surface area contributed by atoms with E-state index in [-0.39, 0.29) is 0 Å². The van der Waals surface area contributed by atoms with Crippen molar-refractivity contribution in [3.63, 3.8) is 0 Å². The summed E-state index contributed by atoms with van der Waals surface area (Å²) in [4.78, 5) is 5.18. The molecule has 0 spiro atoms. The monoisotopic (exact) mass is 253 g/mol. The van der Waals surface area contributed by atoms with Crippen molar-refractivity contribution >= 4 is 17.0 Å². The molecule has 17 heavy (non-hydrogen) atoms. The fraction of sp³-hybridized carbons (Fsp3) is 0.455. The molecule has 0 aromatic carbocycles. The number of hydrogen-bond donors (Lipinski definition) is 1. The minimum Gasteiger partial charge on any atom is -0.397 e. The molecular formula is C11H15N3O2S. The number of thiophene rings is 1. The number of ether oxygens (including phenoxy) is 1. The van der Waals surface area contributed by atoms with Crippen LogP contribution in [0.15, 0.2) is 9.90 Å². The third-order valence-corrected chi connectivity index (χ3v) is 3.54. The number of aromatic nitrogens is 2. The molecule has 2 rings (SSSR count). The van der Waals surface area contributed by atoms with Crippen molar-refractivity contribution in [3.8, 4) is 10.8 Å². The molecule has 0 unspecified atom stereocenters. The Kier molecular flexibility index (Phi) is 3.75. The van der Waals surface area contributed by atoms with Crippen LogP contribution >= 0.6 is 11.3 Å². The van der Waals surface area contributed by atoms with Crippen LogP contribution in [0.25, 0.3) is 10.8 Å². The summed E-state index contributed by atoms with van der Waals surface area (Å²) in [5.41, 5.74) is 7.70. The van der Waals surface area contributed by atoms with Gasteiger partial charge in [-0.1, -0.05) is 5.16 Å². The van der Waals surface area contributed by atoms with Gasteiger partial charge in [0.2, 0.25) is 0 Å². The van der Waals surface area contributed by atoms with Crippen LogP contribution in [0.1, 0.15) is 17.8 Å². The Morgan fingerprint density at radius 1 is 1.53 bits per heavy atom. The molecule has 0 atom stereocenters. The lowest BCUT2D eigenvalue weighted by Gasteiger charge is -1.93. The van der Waals surface area contributed by atoms with Gasteiger partial charge in [0.1, 0.15) is 4.88 Å². The highest BCUT2D eigenvalue weighted by Gasteiger charge is 2.14. The van der Waals surface area contributed by atoms with E-state index in [1.807, 2.05) is 12.3 Å². The predicted molar refractivity (Wildman–Crippen MR) is 67.0 cm³/mol. The smallest absolute Gasteiger partial charge is 0.270 e. The third kappa shape index (κ3) is 2.65. The summed E-state index contributed by atoms with van der Waals surface area (Å²) in [6.45, 7) is 2.66. The van der Waals surface area contributed by atoms with Gasteiger partial charge < -0.3 is 15.0 Å². The van der Waals surface area contributed by atoms with Crippen molar-refractivity contribution < 1.29 is 9.26 Å². The van der Waals surface area contributed by atoms with Crippen LogP contribution in [0.4, 0.5) is 5.69 Å². The Hall–Kier alpha value is -1.40. The molecule has 0 aliphatic rings. The number of hydrogen-bond acceptors (Lipinski definition) is 6. The fourth-order valence-electron chi connectivity index (χ4n) is 1.44. The van der Waals surface area contributed by atoms with Gasteiger partial charge in [0.15, 0.2) is 5.82 Å². The Bertz CT molecular complexity index is 493. The van der Waals surface area contributed by atoms with Crippen molar-refractivity contribution in [1.82, 2.24) is 10.1 Å². The summed E-state index contributed by atoms with van der Waals surface area (Å²) in [6, 6.07) is 0. The molecule has 2 N–H and O–H groups in total. The van der Waals surface area contributed by atoms with E-state index in [9.17, 15) is 0 Å². The molecular weight excluding hydrogens is 238 g/mol. The predicted octanol–water partition coefficient (Wildman–Crippen LogP) is 2.27. The highest BCUT2D eigenvalue weighted by atomic mass is 32.1. The second-order valence-electron chi connectivity index (χ2n) is 3.77. The first-order valence-corrected chi connectivity index (χ1v) is 6.25. The maximum Gasteiger partial charge on any atom is 0.270 e. The van der Waals surface area contributed by atoms with Crippen LogP contribution < -0.4 is 5.73 Å². The molecule has 0 bridgehead atoms. The van der Waals surface area contributed by atoms with Gasteiger partial charge in [-0.25, -0.2) is 0 Å². The normalized spacial score (nSPS) is 10.9.